The van der Waals surface area contributed by atoms with Gasteiger partial charge < -0.3 is 19.2 Å². The Morgan fingerprint density at radius 3 is 2.36 bits per heavy atom. The molecule has 3 aromatic rings. The number of ketones is 1. The Balaban J connectivity index is 1.73. The molecular formula is C24H31N5O3S. The topological polar surface area (TPSA) is 93.1 Å². The van der Waals surface area contributed by atoms with E-state index < -0.39 is 5.97 Å². The summed E-state index contributed by atoms with van der Waals surface area (Å²) < 4.78 is 6.96. The van der Waals surface area contributed by atoms with Crippen molar-refractivity contribution in [3.8, 4) is 11.4 Å². The van der Waals surface area contributed by atoms with Gasteiger partial charge in [0.25, 0.3) is 0 Å². The van der Waals surface area contributed by atoms with Crippen molar-refractivity contribution < 1.29 is 14.3 Å². The van der Waals surface area contributed by atoms with E-state index in [1.807, 2.05) is 23.7 Å². The highest BCUT2D eigenvalue weighted by molar-refractivity contribution is 7.99. The summed E-state index contributed by atoms with van der Waals surface area (Å²) in [5.41, 5.74) is 4.27. The number of carbonyl (C=O) groups is 2. The fraction of sp³-hybridized carbons (Fsp3) is 0.417. The highest BCUT2D eigenvalue weighted by Crippen LogP contribution is 2.27. The molecule has 1 N–H and O–H groups in total. The van der Waals surface area contributed by atoms with E-state index in [4.69, 9.17) is 4.74 Å². The Morgan fingerprint density at radius 1 is 1.09 bits per heavy atom. The molecule has 0 saturated heterocycles. The minimum absolute atomic E-state index is 0.0741. The van der Waals surface area contributed by atoms with Gasteiger partial charge >= 0.3 is 5.97 Å². The van der Waals surface area contributed by atoms with Crippen LogP contribution >= 0.6 is 11.8 Å². The number of aromatic nitrogens is 4. The molecule has 0 fully saturated rings. The van der Waals surface area contributed by atoms with Gasteiger partial charge in [-0.1, -0.05) is 11.8 Å². The first-order valence-electron chi connectivity index (χ1n) is 11.1. The van der Waals surface area contributed by atoms with E-state index in [0.29, 0.717) is 27.7 Å². The Bertz CT molecular complexity index is 1130. The summed E-state index contributed by atoms with van der Waals surface area (Å²) in [6.45, 7) is 11.8. The lowest BCUT2D eigenvalue weighted by Crippen LogP contribution is -2.21. The van der Waals surface area contributed by atoms with E-state index in [-0.39, 0.29) is 18.1 Å². The van der Waals surface area contributed by atoms with Gasteiger partial charge in [-0.3, -0.25) is 4.79 Å². The van der Waals surface area contributed by atoms with Crippen LogP contribution in [0.5, 0.6) is 0 Å². The molecule has 0 unspecified atom stereocenters. The summed E-state index contributed by atoms with van der Waals surface area (Å²) in [6.07, 6.45) is 0. The van der Waals surface area contributed by atoms with Crippen molar-refractivity contribution in [3.05, 3.63) is 46.8 Å². The lowest BCUT2D eigenvalue weighted by molar-refractivity contribution is 0.0519. The molecule has 0 amide bonds. The van der Waals surface area contributed by atoms with Crippen LogP contribution in [0.15, 0.2) is 29.4 Å². The van der Waals surface area contributed by atoms with E-state index in [2.05, 4.69) is 46.1 Å². The van der Waals surface area contributed by atoms with Crippen LogP contribution in [0.2, 0.25) is 0 Å². The van der Waals surface area contributed by atoms with E-state index in [9.17, 15) is 9.59 Å². The van der Waals surface area contributed by atoms with Gasteiger partial charge in [0.15, 0.2) is 16.8 Å². The first kappa shape index (κ1) is 24.6. The van der Waals surface area contributed by atoms with E-state index in [0.717, 1.165) is 24.5 Å². The molecule has 9 heteroatoms. The first-order chi connectivity index (χ1) is 15.8. The number of esters is 1. The number of hydrogen-bond acceptors (Lipinski definition) is 7. The Hall–Kier alpha value is -3.07. The quantitative estimate of drug-likeness (QED) is 0.267. The second-order valence-electron chi connectivity index (χ2n) is 7.64. The molecule has 33 heavy (non-hydrogen) atoms. The number of benzene rings is 1. The summed E-state index contributed by atoms with van der Waals surface area (Å²) in [6, 6.07) is 8.26. The molecule has 3 rings (SSSR count). The molecule has 1 aromatic carbocycles. The highest BCUT2D eigenvalue weighted by Gasteiger charge is 2.23. The number of anilines is 1. The lowest BCUT2D eigenvalue weighted by Gasteiger charge is -2.21. The summed E-state index contributed by atoms with van der Waals surface area (Å²) in [4.78, 5) is 30.3. The smallest absolute Gasteiger partial charge is 0.355 e. The number of ether oxygens (including phenoxy) is 1. The fourth-order valence-corrected chi connectivity index (χ4v) is 4.66. The molecule has 0 bridgehead atoms. The maximum absolute atomic E-state index is 12.9. The Kier molecular flexibility index (Phi) is 7.97. The molecule has 0 spiro atoms. The number of Topliss-reactive ketones (excluding diaryl/α,β-unsaturated/α-hetero) is 1. The van der Waals surface area contributed by atoms with Crippen LogP contribution < -0.4 is 4.90 Å². The minimum atomic E-state index is -0.449. The van der Waals surface area contributed by atoms with Gasteiger partial charge in [-0.15, -0.1) is 10.2 Å². The number of nitrogens with zero attached hydrogens (tertiary/aromatic N) is 4. The van der Waals surface area contributed by atoms with Crippen LogP contribution in [-0.2, 0) is 11.8 Å². The number of rotatable bonds is 10. The SMILES string of the molecule is CCOC(=O)c1[nH]c(C)c(C(=O)CSc2nnc(-c3ccc(N(CC)CC)cc3)n2C)c1C. The van der Waals surface area contributed by atoms with Crippen LogP contribution in [0.25, 0.3) is 11.4 Å². The summed E-state index contributed by atoms with van der Waals surface area (Å²) >= 11 is 1.33. The van der Waals surface area contributed by atoms with Gasteiger partial charge in [-0.2, -0.15) is 0 Å². The standard InChI is InChI=1S/C24H31N5O3S/c1-7-29(8-2)18-12-10-17(11-13-18)22-26-27-24(28(22)6)33-14-19(30)20-15(4)21(25-16(20)5)23(31)32-9-3/h10-13,25H,7-9,14H2,1-6H3. The molecule has 0 aliphatic carbocycles. The zero-order valence-corrected chi connectivity index (χ0v) is 20.9. The highest BCUT2D eigenvalue weighted by atomic mass is 32.2. The zero-order valence-electron chi connectivity index (χ0n) is 20.1. The third-order valence-electron chi connectivity index (χ3n) is 5.62. The second kappa shape index (κ2) is 10.7. The zero-order chi connectivity index (χ0) is 24.1. The van der Waals surface area contributed by atoms with Crippen molar-refractivity contribution in [2.45, 2.75) is 39.8 Å². The largest absolute Gasteiger partial charge is 0.461 e. The molecule has 0 saturated carbocycles. The van der Waals surface area contributed by atoms with Crippen LogP contribution in [0.1, 0.15) is 52.9 Å². The number of carbonyl (C=O) groups excluding carboxylic acids is 2. The van der Waals surface area contributed by atoms with Gasteiger partial charge in [-0.25, -0.2) is 4.79 Å². The van der Waals surface area contributed by atoms with Crippen molar-refractivity contribution in [1.82, 2.24) is 19.7 Å². The van der Waals surface area contributed by atoms with Crippen molar-refractivity contribution in [3.63, 3.8) is 0 Å². The minimum Gasteiger partial charge on any atom is -0.461 e. The molecule has 0 atom stereocenters. The molecule has 2 aromatic heterocycles. The van der Waals surface area contributed by atoms with Crippen LogP contribution in [-0.4, -0.2) is 57.0 Å². The van der Waals surface area contributed by atoms with Gasteiger partial charge in [0, 0.05) is 42.6 Å². The molecule has 176 valence electrons. The predicted molar refractivity (Wildman–Crippen MR) is 131 cm³/mol. The van der Waals surface area contributed by atoms with Crippen molar-refractivity contribution in [2.75, 3.05) is 30.3 Å². The van der Waals surface area contributed by atoms with E-state index in [1.165, 1.54) is 17.4 Å². The Morgan fingerprint density at radius 2 is 1.76 bits per heavy atom. The number of nitrogens with one attached hydrogen (secondary N) is 1. The summed E-state index contributed by atoms with van der Waals surface area (Å²) in [5, 5.41) is 9.27. The van der Waals surface area contributed by atoms with Crippen molar-refractivity contribution in [2.24, 2.45) is 7.05 Å². The first-order valence-corrected chi connectivity index (χ1v) is 12.1. The number of aromatic amines is 1. The fourth-order valence-electron chi connectivity index (χ4n) is 3.88. The molecule has 0 radical (unpaired) electrons. The number of hydrogen-bond donors (Lipinski definition) is 1. The molecule has 0 aliphatic heterocycles. The molecular weight excluding hydrogens is 438 g/mol. The maximum Gasteiger partial charge on any atom is 0.355 e. The van der Waals surface area contributed by atoms with Crippen LogP contribution in [0, 0.1) is 13.8 Å². The van der Waals surface area contributed by atoms with E-state index >= 15 is 0 Å². The van der Waals surface area contributed by atoms with Gasteiger partial charge in [0.05, 0.1) is 12.4 Å². The van der Waals surface area contributed by atoms with Crippen LogP contribution in [0.4, 0.5) is 5.69 Å². The average Bonchev–Trinajstić information content (AvgIpc) is 3.32. The van der Waals surface area contributed by atoms with Crippen LogP contribution in [0.3, 0.4) is 0 Å². The molecule has 8 nitrogen and oxygen atoms in total. The van der Waals surface area contributed by atoms with Gasteiger partial charge in [-0.05, 0) is 64.4 Å². The third-order valence-corrected chi connectivity index (χ3v) is 6.64. The number of H-pyrrole nitrogens is 1. The van der Waals surface area contributed by atoms with E-state index in [1.54, 1.807) is 20.8 Å². The predicted octanol–water partition coefficient (Wildman–Crippen LogP) is 4.42. The normalized spacial score (nSPS) is 11.0. The van der Waals surface area contributed by atoms with Crippen molar-refractivity contribution >= 4 is 29.2 Å². The molecule has 0 aliphatic rings. The summed E-state index contributed by atoms with van der Waals surface area (Å²) in [7, 11) is 1.89. The van der Waals surface area contributed by atoms with Crippen molar-refractivity contribution in [1.29, 1.82) is 0 Å². The molecule has 2 heterocycles. The third kappa shape index (κ3) is 5.13. The Labute approximate surface area is 198 Å². The lowest BCUT2D eigenvalue weighted by atomic mass is 10.1. The van der Waals surface area contributed by atoms with Gasteiger partial charge in [0.2, 0.25) is 0 Å². The maximum atomic E-state index is 12.9. The average molecular weight is 470 g/mol. The number of aryl methyl sites for hydroxylation is 1. The van der Waals surface area contributed by atoms with Gasteiger partial charge in [0.1, 0.15) is 5.69 Å². The summed E-state index contributed by atoms with van der Waals surface area (Å²) in [5.74, 6) is 0.411. The number of thioether (sulfide) groups is 1. The second-order valence-corrected chi connectivity index (χ2v) is 8.58. The monoisotopic (exact) mass is 469 g/mol.